The van der Waals surface area contributed by atoms with Crippen LogP contribution in [-0.4, -0.2) is 11.6 Å². The highest BCUT2D eigenvalue weighted by Gasteiger charge is 2.14. The molecule has 0 saturated carbocycles. The number of Topliss-reactive ketones (excluding diaryl/α,β-unsaturated/α-hetero) is 1. The number of hydrogen-bond acceptors (Lipinski definition) is 3. The minimum atomic E-state index is -0.163. The molecule has 19 heavy (non-hydrogen) atoms. The lowest BCUT2D eigenvalue weighted by molar-refractivity contribution is 0.0988. The Balaban J connectivity index is 2.44. The number of carbonyl (C=O) groups excluding carboxylic acids is 2. The third-order valence-corrected chi connectivity index (χ3v) is 2.98. The molecule has 2 aromatic carbocycles. The van der Waals surface area contributed by atoms with E-state index in [4.69, 9.17) is 5.73 Å². The van der Waals surface area contributed by atoms with Crippen molar-refractivity contribution in [3.8, 4) is 0 Å². The third kappa shape index (κ3) is 2.71. The van der Waals surface area contributed by atoms with Crippen LogP contribution >= 0.6 is 0 Å². The quantitative estimate of drug-likeness (QED) is 0.672. The van der Waals surface area contributed by atoms with Gasteiger partial charge in [-0.05, 0) is 18.2 Å². The zero-order valence-corrected chi connectivity index (χ0v) is 10.7. The van der Waals surface area contributed by atoms with Crippen LogP contribution in [0.3, 0.4) is 0 Å². The maximum atomic E-state index is 12.3. The smallest absolute Gasteiger partial charge is 0.195 e. The Labute approximate surface area is 112 Å². The molecule has 0 aliphatic heterocycles. The molecule has 0 radical (unpaired) electrons. The van der Waals surface area contributed by atoms with E-state index in [9.17, 15) is 9.59 Å². The van der Waals surface area contributed by atoms with Crippen molar-refractivity contribution in [1.29, 1.82) is 0 Å². The van der Waals surface area contributed by atoms with Gasteiger partial charge < -0.3 is 5.73 Å². The van der Waals surface area contributed by atoms with E-state index in [1.54, 1.807) is 49.4 Å². The number of ketones is 2. The molecule has 2 aromatic rings. The van der Waals surface area contributed by atoms with Gasteiger partial charge in [-0.1, -0.05) is 37.3 Å². The van der Waals surface area contributed by atoms with Crippen LogP contribution in [0.1, 0.15) is 39.6 Å². The van der Waals surface area contributed by atoms with Gasteiger partial charge in [0.25, 0.3) is 0 Å². The van der Waals surface area contributed by atoms with Crippen LogP contribution in [0, 0.1) is 0 Å². The molecule has 0 amide bonds. The van der Waals surface area contributed by atoms with Crippen molar-refractivity contribution in [2.75, 3.05) is 5.73 Å². The number of nitrogen functional groups attached to an aromatic ring is 1. The number of rotatable bonds is 4. The SMILES string of the molecule is CCC(=O)c1ccc(N)c(C(=O)c2ccccc2)c1. The normalized spacial score (nSPS) is 10.2. The Morgan fingerprint density at radius 1 is 1.00 bits per heavy atom. The van der Waals surface area contributed by atoms with Gasteiger partial charge in [0, 0.05) is 28.8 Å². The molecule has 0 aromatic heterocycles. The highest BCUT2D eigenvalue weighted by atomic mass is 16.1. The molecular formula is C16H15NO2. The molecule has 2 rings (SSSR count). The minimum Gasteiger partial charge on any atom is -0.398 e. The van der Waals surface area contributed by atoms with Crippen molar-refractivity contribution in [2.24, 2.45) is 0 Å². The maximum absolute atomic E-state index is 12.3. The van der Waals surface area contributed by atoms with E-state index in [1.165, 1.54) is 0 Å². The minimum absolute atomic E-state index is 0.00196. The average Bonchev–Trinajstić information content (AvgIpc) is 2.47. The Morgan fingerprint density at radius 2 is 1.68 bits per heavy atom. The molecule has 0 atom stereocenters. The molecule has 0 aliphatic carbocycles. The van der Waals surface area contributed by atoms with Crippen LogP contribution in [-0.2, 0) is 0 Å². The summed E-state index contributed by atoms with van der Waals surface area (Å²) in [5.41, 5.74) is 7.70. The van der Waals surface area contributed by atoms with Gasteiger partial charge in [-0.15, -0.1) is 0 Å². The summed E-state index contributed by atoms with van der Waals surface area (Å²) in [4.78, 5) is 24.0. The molecule has 3 heteroatoms. The van der Waals surface area contributed by atoms with E-state index in [0.717, 1.165) is 0 Å². The molecule has 96 valence electrons. The number of anilines is 1. The first-order chi connectivity index (χ1) is 9.13. The number of carbonyl (C=O) groups is 2. The van der Waals surface area contributed by atoms with Crippen LogP contribution in [0.25, 0.3) is 0 Å². The lowest BCUT2D eigenvalue weighted by Gasteiger charge is -2.07. The summed E-state index contributed by atoms with van der Waals surface area (Å²) in [6, 6.07) is 13.7. The second-order valence-corrected chi connectivity index (χ2v) is 4.27. The molecule has 0 heterocycles. The summed E-state index contributed by atoms with van der Waals surface area (Å²) < 4.78 is 0. The van der Waals surface area contributed by atoms with Crippen molar-refractivity contribution in [2.45, 2.75) is 13.3 Å². The molecule has 0 aliphatic rings. The highest BCUT2D eigenvalue weighted by Crippen LogP contribution is 2.19. The zero-order valence-electron chi connectivity index (χ0n) is 10.7. The van der Waals surface area contributed by atoms with Crippen molar-refractivity contribution in [1.82, 2.24) is 0 Å². The molecule has 0 bridgehead atoms. The first-order valence-corrected chi connectivity index (χ1v) is 6.16. The second kappa shape index (κ2) is 5.48. The standard InChI is InChI=1S/C16H15NO2/c1-2-15(18)12-8-9-14(17)13(10-12)16(19)11-6-4-3-5-7-11/h3-10H,2,17H2,1H3. The number of hydrogen-bond donors (Lipinski definition) is 1. The van der Waals surface area contributed by atoms with E-state index in [0.29, 0.717) is 28.8 Å². The number of benzene rings is 2. The summed E-state index contributed by atoms with van der Waals surface area (Å²) >= 11 is 0. The molecule has 3 nitrogen and oxygen atoms in total. The second-order valence-electron chi connectivity index (χ2n) is 4.27. The number of nitrogens with two attached hydrogens (primary N) is 1. The molecule has 2 N–H and O–H groups in total. The molecule has 0 spiro atoms. The Hall–Kier alpha value is -2.42. The van der Waals surface area contributed by atoms with E-state index < -0.39 is 0 Å². The van der Waals surface area contributed by atoms with Gasteiger partial charge >= 0.3 is 0 Å². The van der Waals surface area contributed by atoms with Crippen molar-refractivity contribution < 1.29 is 9.59 Å². The van der Waals surface area contributed by atoms with Gasteiger partial charge in [-0.2, -0.15) is 0 Å². The topological polar surface area (TPSA) is 60.2 Å². The van der Waals surface area contributed by atoms with Gasteiger partial charge in [0.05, 0.1) is 0 Å². The summed E-state index contributed by atoms with van der Waals surface area (Å²) in [6.07, 6.45) is 0.406. The average molecular weight is 253 g/mol. The lowest BCUT2D eigenvalue weighted by Crippen LogP contribution is -2.07. The van der Waals surface area contributed by atoms with Crippen LogP contribution in [0.15, 0.2) is 48.5 Å². The van der Waals surface area contributed by atoms with Gasteiger partial charge in [0.1, 0.15) is 0 Å². The van der Waals surface area contributed by atoms with E-state index in [1.807, 2.05) is 6.07 Å². The largest absolute Gasteiger partial charge is 0.398 e. The molecular weight excluding hydrogens is 238 g/mol. The fourth-order valence-electron chi connectivity index (χ4n) is 1.88. The first kappa shape index (κ1) is 13.0. The van der Waals surface area contributed by atoms with E-state index in [-0.39, 0.29) is 11.6 Å². The van der Waals surface area contributed by atoms with Crippen LogP contribution < -0.4 is 5.73 Å². The summed E-state index contributed by atoms with van der Waals surface area (Å²) in [5, 5.41) is 0. The molecule has 0 fully saturated rings. The highest BCUT2D eigenvalue weighted by molar-refractivity contribution is 6.13. The molecule has 0 saturated heterocycles. The summed E-state index contributed by atoms with van der Waals surface area (Å²) in [7, 11) is 0. The fourth-order valence-corrected chi connectivity index (χ4v) is 1.88. The third-order valence-electron chi connectivity index (χ3n) is 2.98. The Kier molecular flexibility index (Phi) is 3.76. The Morgan fingerprint density at radius 3 is 2.32 bits per heavy atom. The zero-order chi connectivity index (χ0) is 13.8. The molecule has 0 unspecified atom stereocenters. The predicted molar refractivity (Wildman–Crippen MR) is 75.4 cm³/mol. The Bertz CT molecular complexity index is 618. The monoisotopic (exact) mass is 253 g/mol. The first-order valence-electron chi connectivity index (χ1n) is 6.16. The van der Waals surface area contributed by atoms with Gasteiger partial charge in [0.2, 0.25) is 0 Å². The van der Waals surface area contributed by atoms with Gasteiger partial charge in [0.15, 0.2) is 11.6 Å². The lowest BCUT2D eigenvalue weighted by atomic mass is 9.98. The maximum Gasteiger partial charge on any atom is 0.195 e. The summed E-state index contributed by atoms with van der Waals surface area (Å²) in [6.45, 7) is 1.79. The summed E-state index contributed by atoms with van der Waals surface area (Å²) in [5.74, 6) is -0.161. The van der Waals surface area contributed by atoms with E-state index >= 15 is 0 Å². The van der Waals surface area contributed by atoms with Gasteiger partial charge in [-0.3, -0.25) is 9.59 Å². The van der Waals surface area contributed by atoms with Crippen LogP contribution in [0.5, 0.6) is 0 Å². The van der Waals surface area contributed by atoms with Crippen molar-refractivity contribution >= 4 is 17.3 Å². The van der Waals surface area contributed by atoms with E-state index in [2.05, 4.69) is 0 Å². The van der Waals surface area contributed by atoms with Crippen molar-refractivity contribution in [3.05, 3.63) is 65.2 Å². The van der Waals surface area contributed by atoms with Crippen LogP contribution in [0.4, 0.5) is 5.69 Å². The predicted octanol–water partition coefficient (Wildman–Crippen LogP) is 3.09. The van der Waals surface area contributed by atoms with Crippen LogP contribution in [0.2, 0.25) is 0 Å². The van der Waals surface area contributed by atoms with Gasteiger partial charge in [-0.25, -0.2) is 0 Å². The van der Waals surface area contributed by atoms with Crippen molar-refractivity contribution in [3.63, 3.8) is 0 Å². The fraction of sp³-hybridized carbons (Fsp3) is 0.125.